The van der Waals surface area contributed by atoms with Crippen molar-refractivity contribution >= 4 is 62.9 Å². The van der Waals surface area contributed by atoms with Gasteiger partial charge in [-0.3, -0.25) is 14.9 Å². The first-order chi connectivity index (χ1) is 17.1. The zero-order chi connectivity index (χ0) is 25.9. The van der Waals surface area contributed by atoms with Gasteiger partial charge in [0, 0.05) is 35.4 Å². The number of nitrogens with one attached hydrogen (secondary N) is 2. The third-order valence-electron chi connectivity index (χ3n) is 4.96. The highest BCUT2D eigenvalue weighted by Gasteiger charge is 2.23. The van der Waals surface area contributed by atoms with Gasteiger partial charge in [0.25, 0.3) is 5.91 Å². The average Bonchev–Trinajstić information content (AvgIpc) is 3.52. The van der Waals surface area contributed by atoms with Gasteiger partial charge in [-0.15, -0.1) is 22.7 Å². The second-order valence-corrected chi connectivity index (χ2v) is 11.3. The van der Waals surface area contributed by atoms with Crippen molar-refractivity contribution in [1.82, 2.24) is 29.9 Å². The van der Waals surface area contributed by atoms with Crippen LogP contribution < -0.4 is 10.6 Å². The van der Waals surface area contributed by atoms with Crippen molar-refractivity contribution in [3.05, 3.63) is 62.7 Å². The van der Waals surface area contributed by atoms with E-state index >= 15 is 0 Å². The zero-order valence-electron chi connectivity index (χ0n) is 19.9. The Morgan fingerprint density at radius 3 is 2.64 bits per heavy atom. The Kier molecular flexibility index (Phi) is 7.67. The fourth-order valence-electron chi connectivity index (χ4n) is 3.18. The molecule has 2 N–H and O–H groups in total. The fourth-order valence-corrected chi connectivity index (χ4v) is 4.95. The summed E-state index contributed by atoms with van der Waals surface area (Å²) in [5, 5.41) is 9.36. The quantitative estimate of drug-likeness (QED) is 0.276. The highest BCUT2D eigenvalue weighted by Crippen LogP contribution is 2.29. The Bertz CT molecular complexity index is 1390. The van der Waals surface area contributed by atoms with E-state index in [9.17, 15) is 9.59 Å². The van der Waals surface area contributed by atoms with Gasteiger partial charge in [0.2, 0.25) is 5.95 Å². The molecule has 4 heterocycles. The van der Waals surface area contributed by atoms with E-state index in [0.29, 0.717) is 37.2 Å². The van der Waals surface area contributed by atoms with Crippen LogP contribution in [0.15, 0.2) is 36.4 Å². The maximum Gasteiger partial charge on any atom is 0.269 e. The number of aromatic nitrogens is 6. The van der Waals surface area contributed by atoms with Crippen LogP contribution in [0.2, 0.25) is 5.02 Å². The summed E-state index contributed by atoms with van der Waals surface area (Å²) >= 11 is 8.85. The third kappa shape index (κ3) is 6.25. The van der Waals surface area contributed by atoms with Crippen LogP contribution >= 0.6 is 34.3 Å². The van der Waals surface area contributed by atoms with Gasteiger partial charge < -0.3 is 5.32 Å². The number of hydrogen-bond donors (Lipinski definition) is 2. The fraction of sp³-hybridized carbons (Fsp3) is 0.304. The van der Waals surface area contributed by atoms with Crippen LogP contribution in [-0.2, 0) is 5.41 Å². The van der Waals surface area contributed by atoms with Crippen molar-refractivity contribution in [2.75, 3.05) is 10.6 Å². The molecule has 10 nitrogen and oxygen atoms in total. The molecule has 0 saturated carbocycles. The number of thiazole rings is 2. The molecule has 0 saturated heterocycles. The molecule has 4 aromatic rings. The molecule has 0 bridgehead atoms. The summed E-state index contributed by atoms with van der Waals surface area (Å²) in [7, 11) is 0. The Labute approximate surface area is 220 Å². The van der Waals surface area contributed by atoms with E-state index in [4.69, 9.17) is 11.6 Å². The molecule has 0 aromatic carbocycles. The van der Waals surface area contributed by atoms with Crippen molar-refractivity contribution in [2.45, 2.75) is 45.4 Å². The van der Waals surface area contributed by atoms with Crippen LogP contribution in [0.1, 0.15) is 70.9 Å². The van der Waals surface area contributed by atoms with E-state index in [1.165, 1.54) is 41.4 Å². The van der Waals surface area contributed by atoms with Crippen LogP contribution in [0.3, 0.4) is 0 Å². The van der Waals surface area contributed by atoms with E-state index in [2.05, 4.69) is 40.5 Å². The van der Waals surface area contributed by atoms with Crippen molar-refractivity contribution in [1.29, 1.82) is 0 Å². The minimum absolute atomic E-state index is 0.155. The summed E-state index contributed by atoms with van der Waals surface area (Å²) < 4.78 is 0. The molecule has 1 amide bonds. The number of carbonyl (C=O) groups excluding carboxylic acids is 2. The van der Waals surface area contributed by atoms with Gasteiger partial charge in [0.15, 0.2) is 10.9 Å². The van der Waals surface area contributed by atoms with Gasteiger partial charge in [-0.05, 0) is 0 Å². The standard InChI is InChI=1S/C23H23ClN8O2S2/c1-12(7-15(33)14-8-17(29-11-28-14)30-22-25-5-6-35-22)20-26-10-16(36-20)19(34)32-21-27-9-13(24)18(31-21)23(2,3)4/h5-6,8-12H,7H2,1-4H3,(H,25,28,29,30)(H,27,31,32,34). The Balaban J connectivity index is 1.40. The second-order valence-electron chi connectivity index (χ2n) is 8.94. The summed E-state index contributed by atoms with van der Waals surface area (Å²) in [5.74, 6) is -0.0963. The normalized spacial score (nSPS) is 12.2. The van der Waals surface area contributed by atoms with Crippen LogP contribution in [0.5, 0.6) is 0 Å². The predicted octanol–water partition coefficient (Wildman–Crippen LogP) is 5.50. The Morgan fingerprint density at radius 1 is 1.11 bits per heavy atom. The van der Waals surface area contributed by atoms with Crippen molar-refractivity contribution in [3.8, 4) is 0 Å². The molecule has 4 rings (SSSR count). The maximum atomic E-state index is 12.8. The third-order valence-corrected chi connectivity index (χ3v) is 7.15. The highest BCUT2D eigenvalue weighted by molar-refractivity contribution is 7.14. The molecule has 0 aliphatic heterocycles. The Morgan fingerprint density at radius 2 is 1.92 bits per heavy atom. The van der Waals surface area contributed by atoms with E-state index in [1.807, 2.05) is 33.1 Å². The van der Waals surface area contributed by atoms with E-state index in [0.717, 1.165) is 0 Å². The van der Waals surface area contributed by atoms with Gasteiger partial charge in [-0.25, -0.2) is 29.9 Å². The second kappa shape index (κ2) is 10.7. The average molecular weight is 543 g/mol. The van der Waals surface area contributed by atoms with E-state index in [1.54, 1.807) is 12.3 Å². The van der Waals surface area contributed by atoms with Gasteiger partial charge in [-0.2, -0.15) is 0 Å². The summed E-state index contributed by atoms with van der Waals surface area (Å²) in [5.41, 5.74) is 0.627. The minimum atomic E-state index is -0.381. The number of ketones is 1. The number of nitrogens with zero attached hydrogens (tertiary/aromatic N) is 6. The van der Waals surface area contributed by atoms with Crippen molar-refractivity contribution < 1.29 is 9.59 Å². The number of amides is 1. The molecule has 0 aliphatic rings. The highest BCUT2D eigenvalue weighted by atomic mass is 35.5. The SMILES string of the molecule is CC(CC(=O)c1cc(Nc2nccs2)ncn1)c1ncc(C(=O)Nc2ncc(Cl)c(C(C)(C)C)n2)s1. The minimum Gasteiger partial charge on any atom is -0.316 e. The number of rotatable bonds is 8. The van der Waals surface area contributed by atoms with E-state index in [-0.39, 0.29) is 35.4 Å². The molecule has 186 valence electrons. The molecular weight excluding hydrogens is 520 g/mol. The van der Waals surface area contributed by atoms with Gasteiger partial charge in [0.05, 0.1) is 28.1 Å². The first kappa shape index (κ1) is 25.7. The molecule has 36 heavy (non-hydrogen) atoms. The summed E-state index contributed by atoms with van der Waals surface area (Å²) in [6, 6.07) is 1.59. The zero-order valence-corrected chi connectivity index (χ0v) is 22.3. The van der Waals surface area contributed by atoms with Crippen LogP contribution in [-0.4, -0.2) is 41.6 Å². The summed E-state index contributed by atoms with van der Waals surface area (Å²) in [6.45, 7) is 7.81. The molecule has 13 heteroatoms. The van der Waals surface area contributed by atoms with Gasteiger partial charge in [-0.1, -0.05) is 39.3 Å². The lowest BCUT2D eigenvalue weighted by Gasteiger charge is -2.19. The van der Waals surface area contributed by atoms with Gasteiger partial charge in [0.1, 0.15) is 22.7 Å². The topological polar surface area (TPSA) is 136 Å². The Hall–Kier alpha value is -3.35. The first-order valence-electron chi connectivity index (χ1n) is 10.9. The number of Topliss-reactive ketones (excluding diaryl/α,β-unsaturated/α-hetero) is 1. The molecule has 1 atom stereocenters. The lowest BCUT2D eigenvalue weighted by molar-refractivity contribution is 0.0969. The van der Waals surface area contributed by atoms with Crippen LogP contribution in [0.4, 0.5) is 16.9 Å². The molecule has 0 radical (unpaired) electrons. The predicted molar refractivity (Wildman–Crippen MR) is 141 cm³/mol. The summed E-state index contributed by atoms with van der Waals surface area (Å²) in [6.07, 6.45) is 6.15. The summed E-state index contributed by atoms with van der Waals surface area (Å²) in [4.78, 5) is 51.2. The first-order valence-corrected chi connectivity index (χ1v) is 13.0. The van der Waals surface area contributed by atoms with Crippen LogP contribution in [0, 0.1) is 0 Å². The molecule has 0 fully saturated rings. The number of carbonyl (C=O) groups is 2. The number of anilines is 3. The van der Waals surface area contributed by atoms with Crippen molar-refractivity contribution in [3.63, 3.8) is 0 Å². The monoisotopic (exact) mass is 542 g/mol. The number of hydrogen-bond acceptors (Lipinski definition) is 11. The van der Waals surface area contributed by atoms with Crippen molar-refractivity contribution in [2.24, 2.45) is 0 Å². The molecule has 0 aliphatic carbocycles. The lowest BCUT2D eigenvalue weighted by atomic mass is 9.92. The van der Waals surface area contributed by atoms with E-state index < -0.39 is 0 Å². The molecule has 4 aromatic heterocycles. The molecular formula is C23H23ClN8O2S2. The van der Waals surface area contributed by atoms with Crippen LogP contribution in [0.25, 0.3) is 0 Å². The van der Waals surface area contributed by atoms with Gasteiger partial charge >= 0.3 is 0 Å². The lowest BCUT2D eigenvalue weighted by Crippen LogP contribution is -2.18. The maximum absolute atomic E-state index is 12.8. The smallest absolute Gasteiger partial charge is 0.269 e. The molecule has 1 unspecified atom stereocenters. The number of halogens is 1. The largest absolute Gasteiger partial charge is 0.316 e. The molecule has 0 spiro atoms.